The van der Waals surface area contributed by atoms with E-state index in [9.17, 15) is 4.79 Å². The van der Waals surface area contributed by atoms with E-state index < -0.39 is 5.97 Å². The molecule has 0 amide bonds. The predicted octanol–water partition coefficient (Wildman–Crippen LogP) is 3.31. The zero-order chi connectivity index (χ0) is 15.7. The molecule has 22 heavy (non-hydrogen) atoms. The highest BCUT2D eigenvalue weighted by molar-refractivity contribution is 5.82. The third-order valence-corrected chi connectivity index (χ3v) is 3.56. The highest BCUT2D eigenvalue weighted by atomic mass is 16.4. The quantitative estimate of drug-likeness (QED) is 0.802. The van der Waals surface area contributed by atoms with Crippen molar-refractivity contribution in [3.63, 3.8) is 0 Å². The summed E-state index contributed by atoms with van der Waals surface area (Å²) in [6.07, 6.45) is 3.50. The van der Waals surface area contributed by atoms with Gasteiger partial charge in [0, 0.05) is 24.0 Å². The van der Waals surface area contributed by atoms with E-state index in [2.05, 4.69) is 23.4 Å². The molecule has 2 heterocycles. The molecule has 0 fully saturated rings. The number of benzene rings is 1. The summed E-state index contributed by atoms with van der Waals surface area (Å²) >= 11 is 0. The fraction of sp³-hybridized carbons (Fsp3) is 0.235. The van der Waals surface area contributed by atoms with E-state index in [-0.39, 0.29) is 12.5 Å². The van der Waals surface area contributed by atoms with E-state index in [0.29, 0.717) is 0 Å². The first kappa shape index (κ1) is 14.3. The molecular formula is C17H17N3O2. The number of carbonyl (C=O) groups is 1. The molecule has 0 saturated carbocycles. The van der Waals surface area contributed by atoms with E-state index >= 15 is 0 Å². The Morgan fingerprint density at radius 2 is 1.95 bits per heavy atom. The van der Waals surface area contributed by atoms with E-state index in [1.807, 2.05) is 30.3 Å². The van der Waals surface area contributed by atoms with Crippen LogP contribution in [0.5, 0.6) is 0 Å². The maximum Gasteiger partial charge on any atom is 0.307 e. The zero-order valence-corrected chi connectivity index (χ0v) is 12.5. The second-order valence-corrected chi connectivity index (χ2v) is 5.53. The van der Waals surface area contributed by atoms with Gasteiger partial charge in [-0.1, -0.05) is 6.07 Å². The second kappa shape index (κ2) is 5.60. The Kier molecular flexibility index (Phi) is 3.63. The standard InChI is InChI=1S/C17H17N3O2/c1-11(2)20-15-4-3-12(10-16(21)22)9-14(15)19-17(20)13-5-7-18-8-6-13/h3-9,11H,10H2,1-2H3,(H,21,22). The van der Waals surface area contributed by atoms with Crippen molar-refractivity contribution >= 4 is 17.0 Å². The van der Waals surface area contributed by atoms with Crippen molar-refractivity contribution in [2.75, 3.05) is 0 Å². The molecule has 0 spiro atoms. The van der Waals surface area contributed by atoms with Gasteiger partial charge >= 0.3 is 5.97 Å². The number of pyridine rings is 1. The van der Waals surface area contributed by atoms with Gasteiger partial charge in [0.15, 0.2) is 0 Å². The van der Waals surface area contributed by atoms with Crippen LogP contribution >= 0.6 is 0 Å². The summed E-state index contributed by atoms with van der Waals surface area (Å²) in [7, 11) is 0. The third-order valence-electron chi connectivity index (χ3n) is 3.56. The molecule has 1 aromatic carbocycles. The monoisotopic (exact) mass is 295 g/mol. The first-order valence-electron chi connectivity index (χ1n) is 7.19. The highest BCUT2D eigenvalue weighted by Gasteiger charge is 2.15. The van der Waals surface area contributed by atoms with Gasteiger partial charge in [0.05, 0.1) is 17.5 Å². The second-order valence-electron chi connectivity index (χ2n) is 5.53. The molecular weight excluding hydrogens is 278 g/mol. The van der Waals surface area contributed by atoms with Crippen molar-refractivity contribution in [1.82, 2.24) is 14.5 Å². The number of hydrogen-bond donors (Lipinski definition) is 1. The average molecular weight is 295 g/mol. The number of carboxylic acid groups (broad SMARTS) is 1. The molecule has 0 saturated heterocycles. The van der Waals surface area contributed by atoms with Gasteiger partial charge in [0.25, 0.3) is 0 Å². The first-order valence-corrected chi connectivity index (χ1v) is 7.19. The van der Waals surface area contributed by atoms with Crippen LogP contribution in [0.4, 0.5) is 0 Å². The Hall–Kier alpha value is -2.69. The van der Waals surface area contributed by atoms with E-state index in [4.69, 9.17) is 10.1 Å². The molecule has 0 bridgehead atoms. The van der Waals surface area contributed by atoms with Gasteiger partial charge in [-0.2, -0.15) is 0 Å². The molecule has 5 nitrogen and oxygen atoms in total. The lowest BCUT2D eigenvalue weighted by Crippen LogP contribution is -2.03. The van der Waals surface area contributed by atoms with Gasteiger partial charge in [0.1, 0.15) is 5.82 Å². The lowest BCUT2D eigenvalue weighted by molar-refractivity contribution is -0.136. The van der Waals surface area contributed by atoms with Crippen LogP contribution in [-0.4, -0.2) is 25.6 Å². The summed E-state index contributed by atoms with van der Waals surface area (Å²) < 4.78 is 2.16. The zero-order valence-electron chi connectivity index (χ0n) is 12.5. The summed E-state index contributed by atoms with van der Waals surface area (Å²) in [6.45, 7) is 4.22. The Morgan fingerprint density at radius 3 is 2.59 bits per heavy atom. The van der Waals surface area contributed by atoms with Crippen LogP contribution < -0.4 is 0 Å². The Bertz CT molecular complexity index is 823. The van der Waals surface area contributed by atoms with E-state index in [0.717, 1.165) is 28.0 Å². The minimum absolute atomic E-state index is 0.00900. The Balaban J connectivity index is 2.19. The van der Waals surface area contributed by atoms with Crippen molar-refractivity contribution < 1.29 is 9.90 Å². The summed E-state index contributed by atoms with van der Waals surface area (Å²) in [5.74, 6) is 0.0388. The van der Waals surface area contributed by atoms with E-state index in [1.54, 1.807) is 12.4 Å². The largest absolute Gasteiger partial charge is 0.481 e. The maximum absolute atomic E-state index is 10.9. The van der Waals surface area contributed by atoms with Gasteiger partial charge in [-0.15, -0.1) is 0 Å². The maximum atomic E-state index is 10.9. The van der Waals surface area contributed by atoms with Crippen LogP contribution in [0.3, 0.4) is 0 Å². The molecule has 1 N–H and O–H groups in total. The number of fused-ring (bicyclic) bond motifs is 1. The lowest BCUT2D eigenvalue weighted by Gasteiger charge is -2.13. The number of rotatable bonds is 4. The fourth-order valence-electron chi connectivity index (χ4n) is 2.66. The van der Waals surface area contributed by atoms with Crippen LogP contribution in [0.25, 0.3) is 22.4 Å². The molecule has 0 aliphatic heterocycles. The Morgan fingerprint density at radius 1 is 1.23 bits per heavy atom. The van der Waals surface area contributed by atoms with Crippen molar-refractivity contribution in [2.45, 2.75) is 26.3 Å². The Labute approximate surface area is 128 Å². The summed E-state index contributed by atoms with van der Waals surface area (Å²) in [6, 6.07) is 9.76. The van der Waals surface area contributed by atoms with Gasteiger partial charge in [0.2, 0.25) is 0 Å². The minimum Gasteiger partial charge on any atom is -0.481 e. The highest BCUT2D eigenvalue weighted by Crippen LogP contribution is 2.28. The van der Waals surface area contributed by atoms with Crippen LogP contribution in [0.1, 0.15) is 25.5 Å². The van der Waals surface area contributed by atoms with Crippen molar-refractivity contribution in [1.29, 1.82) is 0 Å². The number of imidazole rings is 1. The van der Waals surface area contributed by atoms with Crippen molar-refractivity contribution in [3.8, 4) is 11.4 Å². The van der Waals surface area contributed by atoms with Gasteiger partial charge in [-0.05, 0) is 43.7 Å². The molecule has 112 valence electrons. The number of nitrogens with zero attached hydrogens (tertiary/aromatic N) is 3. The van der Waals surface area contributed by atoms with Crippen LogP contribution in [0.2, 0.25) is 0 Å². The minimum atomic E-state index is -0.836. The van der Waals surface area contributed by atoms with Gasteiger partial charge < -0.3 is 9.67 Å². The van der Waals surface area contributed by atoms with Gasteiger partial charge in [-0.3, -0.25) is 9.78 Å². The van der Waals surface area contributed by atoms with E-state index in [1.165, 1.54) is 0 Å². The molecule has 0 atom stereocenters. The summed E-state index contributed by atoms with van der Waals surface area (Å²) in [5.41, 5.74) is 3.59. The van der Waals surface area contributed by atoms with Crippen LogP contribution in [0.15, 0.2) is 42.7 Å². The fourth-order valence-corrected chi connectivity index (χ4v) is 2.66. The topological polar surface area (TPSA) is 68.0 Å². The molecule has 0 aliphatic carbocycles. The first-order chi connectivity index (χ1) is 10.6. The normalized spacial score (nSPS) is 11.2. The smallest absolute Gasteiger partial charge is 0.307 e. The molecule has 0 aliphatic rings. The van der Waals surface area contributed by atoms with Crippen molar-refractivity contribution in [3.05, 3.63) is 48.3 Å². The number of hydrogen-bond acceptors (Lipinski definition) is 3. The number of aromatic nitrogens is 3. The summed E-state index contributed by atoms with van der Waals surface area (Å²) in [5, 5.41) is 8.93. The lowest BCUT2D eigenvalue weighted by atomic mass is 10.1. The van der Waals surface area contributed by atoms with Gasteiger partial charge in [-0.25, -0.2) is 4.98 Å². The molecule has 0 radical (unpaired) electrons. The van der Waals surface area contributed by atoms with Crippen molar-refractivity contribution in [2.24, 2.45) is 0 Å². The molecule has 5 heteroatoms. The summed E-state index contributed by atoms with van der Waals surface area (Å²) in [4.78, 5) is 19.6. The third kappa shape index (κ3) is 2.57. The molecule has 2 aromatic heterocycles. The molecule has 3 aromatic rings. The predicted molar refractivity (Wildman–Crippen MR) is 84.7 cm³/mol. The molecule has 0 unspecified atom stereocenters. The number of carboxylic acids is 1. The average Bonchev–Trinajstić information content (AvgIpc) is 2.86. The molecule has 3 rings (SSSR count). The number of aliphatic carboxylic acids is 1. The van der Waals surface area contributed by atoms with Crippen LogP contribution in [0, 0.1) is 0 Å². The SMILES string of the molecule is CC(C)n1c(-c2ccncc2)nc2cc(CC(=O)O)ccc21. The van der Waals surface area contributed by atoms with Crippen LogP contribution in [-0.2, 0) is 11.2 Å².